The first kappa shape index (κ1) is 16.8. The minimum Gasteiger partial charge on any atom is -0.345 e. The van der Waals surface area contributed by atoms with Gasteiger partial charge in [0.05, 0.1) is 5.41 Å². The highest BCUT2D eigenvalue weighted by atomic mass is 16.2. The highest BCUT2D eigenvalue weighted by molar-refractivity contribution is 5.94. The number of nitrogens with zero attached hydrogens (tertiary/aromatic N) is 3. The number of hydrogen-bond donors (Lipinski definition) is 0. The molecule has 3 heterocycles. The van der Waals surface area contributed by atoms with Crippen LogP contribution in [0.1, 0.15) is 34.1 Å². The molecule has 2 atom stereocenters. The summed E-state index contributed by atoms with van der Waals surface area (Å²) in [6, 6.07) is 15.6. The van der Waals surface area contributed by atoms with Crippen molar-refractivity contribution in [2.24, 2.45) is 5.41 Å². The number of hydrogen-bond acceptors (Lipinski definition) is 3. The Kier molecular flexibility index (Phi) is 4.02. The molecule has 2 amide bonds. The maximum atomic E-state index is 13.0. The Morgan fingerprint density at radius 1 is 1.15 bits per heavy atom. The molecule has 0 aliphatic carbocycles. The molecule has 0 saturated carbocycles. The van der Waals surface area contributed by atoms with Crippen molar-refractivity contribution in [2.75, 3.05) is 26.7 Å². The van der Waals surface area contributed by atoms with Crippen LogP contribution < -0.4 is 0 Å². The third-order valence-corrected chi connectivity index (χ3v) is 5.81. The zero-order valence-electron chi connectivity index (χ0n) is 15.2. The molecule has 26 heavy (non-hydrogen) atoms. The maximum absolute atomic E-state index is 13.0. The summed E-state index contributed by atoms with van der Waals surface area (Å²) in [5, 5.41) is 0. The molecule has 5 heteroatoms. The summed E-state index contributed by atoms with van der Waals surface area (Å²) in [5.74, 6) is 0.0858. The molecule has 1 aromatic carbocycles. The van der Waals surface area contributed by atoms with Crippen molar-refractivity contribution in [3.63, 3.8) is 0 Å². The molecule has 2 fully saturated rings. The van der Waals surface area contributed by atoms with Gasteiger partial charge in [0.15, 0.2) is 0 Å². The fourth-order valence-corrected chi connectivity index (χ4v) is 4.42. The average molecular weight is 349 g/mol. The van der Waals surface area contributed by atoms with Gasteiger partial charge in [-0.2, -0.15) is 0 Å². The number of aryl methyl sites for hydroxylation is 1. The Labute approximate surface area is 153 Å². The van der Waals surface area contributed by atoms with Crippen LogP contribution >= 0.6 is 0 Å². The number of carbonyl (C=O) groups is 2. The maximum Gasteiger partial charge on any atom is 0.272 e. The molecular formula is C21H23N3O2. The minimum atomic E-state index is -0.518. The summed E-state index contributed by atoms with van der Waals surface area (Å²) in [5.41, 5.74) is 1.88. The van der Waals surface area contributed by atoms with Crippen molar-refractivity contribution in [2.45, 2.75) is 19.3 Å². The smallest absolute Gasteiger partial charge is 0.272 e. The predicted octanol–water partition coefficient (Wildman–Crippen LogP) is 2.48. The molecule has 1 spiro atoms. The number of carbonyl (C=O) groups excluding carboxylic acids is 2. The third-order valence-electron chi connectivity index (χ3n) is 5.81. The Hall–Kier alpha value is -2.69. The first-order chi connectivity index (χ1) is 12.5. The van der Waals surface area contributed by atoms with Crippen LogP contribution in [-0.4, -0.2) is 53.3 Å². The largest absolute Gasteiger partial charge is 0.345 e. The number of benzene rings is 1. The second-order valence-electron chi connectivity index (χ2n) is 7.45. The van der Waals surface area contributed by atoms with Crippen molar-refractivity contribution < 1.29 is 9.59 Å². The van der Waals surface area contributed by atoms with Gasteiger partial charge in [-0.1, -0.05) is 36.4 Å². The van der Waals surface area contributed by atoms with Crippen LogP contribution in [0.5, 0.6) is 0 Å². The topological polar surface area (TPSA) is 53.5 Å². The lowest BCUT2D eigenvalue weighted by atomic mass is 9.73. The van der Waals surface area contributed by atoms with E-state index in [1.165, 1.54) is 0 Å². The lowest BCUT2D eigenvalue weighted by molar-refractivity contribution is -0.134. The van der Waals surface area contributed by atoms with Gasteiger partial charge < -0.3 is 9.80 Å². The van der Waals surface area contributed by atoms with Crippen LogP contribution in [0.25, 0.3) is 0 Å². The first-order valence-corrected chi connectivity index (χ1v) is 9.05. The zero-order valence-corrected chi connectivity index (χ0v) is 15.2. The van der Waals surface area contributed by atoms with Crippen LogP contribution in [0.15, 0.2) is 48.5 Å². The number of pyridine rings is 1. The first-order valence-electron chi connectivity index (χ1n) is 9.05. The number of likely N-dealkylation sites (tertiary alicyclic amines) is 2. The van der Waals surface area contributed by atoms with Crippen LogP contribution in [0, 0.1) is 12.3 Å². The highest BCUT2D eigenvalue weighted by Gasteiger charge is 2.57. The van der Waals surface area contributed by atoms with Crippen molar-refractivity contribution in [3.8, 4) is 0 Å². The molecular weight excluding hydrogens is 326 g/mol. The average Bonchev–Trinajstić information content (AvgIpc) is 3.18. The number of amides is 2. The third kappa shape index (κ3) is 2.59. The van der Waals surface area contributed by atoms with Gasteiger partial charge in [0, 0.05) is 38.3 Å². The van der Waals surface area contributed by atoms with E-state index in [9.17, 15) is 9.59 Å². The summed E-state index contributed by atoms with van der Waals surface area (Å²) >= 11 is 0. The monoisotopic (exact) mass is 349 g/mol. The van der Waals surface area contributed by atoms with E-state index in [0.717, 1.165) is 24.2 Å². The summed E-state index contributed by atoms with van der Waals surface area (Å²) < 4.78 is 0. The Bertz CT molecular complexity index is 851. The molecule has 0 bridgehead atoms. The van der Waals surface area contributed by atoms with E-state index in [2.05, 4.69) is 17.1 Å². The summed E-state index contributed by atoms with van der Waals surface area (Å²) in [4.78, 5) is 34.1. The van der Waals surface area contributed by atoms with Gasteiger partial charge in [-0.3, -0.25) is 9.59 Å². The molecule has 2 aromatic rings. The van der Waals surface area contributed by atoms with Gasteiger partial charge in [-0.15, -0.1) is 0 Å². The number of rotatable bonds is 2. The summed E-state index contributed by atoms with van der Waals surface area (Å²) in [6.07, 6.45) is 0.785. The Morgan fingerprint density at radius 2 is 1.92 bits per heavy atom. The molecule has 0 N–H and O–H groups in total. The molecule has 134 valence electrons. The van der Waals surface area contributed by atoms with Gasteiger partial charge in [-0.25, -0.2) is 4.98 Å². The van der Waals surface area contributed by atoms with E-state index >= 15 is 0 Å². The minimum absolute atomic E-state index is 0.0231. The van der Waals surface area contributed by atoms with Crippen molar-refractivity contribution in [1.82, 2.24) is 14.8 Å². The summed E-state index contributed by atoms with van der Waals surface area (Å²) in [6.45, 7) is 3.64. The second-order valence-corrected chi connectivity index (χ2v) is 7.45. The van der Waals surface area contributed by atoms with Crippen LogP contribution in [0.4, 0.5) is 0 Å². The lowest BCUT2D eigenvalue weighted by Crippen LogP contribution is -2.39. The quantitative estimate of drug-likeness (QED) is 0.837. The second kappa shape index (κ2) is 6.24. The zero-order chi connectivity index (χ0) is 18.3. The lowest BCUT2D eigenvalue weighted by Gasteiger charge is -2.28. The van der Waals surface area contributed by atoms with E-state index in [1.54, 1.807) is 11.0 Å². The van der Waals surface area contributed by atoms with Gasteiger partial charge in [0.2, 0.25) is 5.91 Å². The van der Waals surface area contributed by atoms with Gasteiger partial charge in [0.25, 0.3) is 5.91 Å². The normalized spacial score (nSPS) is 25.3. The van der Waals surface area contributed by atoms with Crippen LogP contribution in [0.2, 0.25) is 0 Å². The standard InChI is InChI=1S/C21H23N3O2/c1-15-7-6-10-18(22-15)19(25)24-13-17(16-8-4-3-5-9-16)21(14-24)11-12-23(2)20(21)26/h3-10,17H,11-14H2,1-2H3/t17-,21+/m1/s1. The molecule has 2 aliphatic rings. The molecule has 5 nitrogen and oxygen atoms in total. The van der Waals surface area contributed by atoms with Crippen molar-refractivity contribution >= 4 is 11.8 Å². The fraction of sp³-hybridized carbons (Fsp3) is 0.381. The molecule has 2 aliphatic heterocycles. The fourth-order valence-electron chi connectivity index (χ4n) is 4.42. The van der Waals surface area contributed by atoms with Crippen LogP contribution in [-0.2, 0) is 4.79 Å². The van der Waals surface area contributed by atoms with E-state index in [1.807, 2.05) is 49.2 Å². The van der Waals surface area contributed by atoms with Gasteiger partial charge >= 0.3 is 0 Å². The molecule has 4 rings (SSSR count). The molecule has 0 unspecified atom stereocenters. The van der Waals surface area contributed by atoms with Crippen molar-refractivity contribution in [1.29, 1.82) is 0 Å². The number of aromatic nitrogens is 1. The molecule has 1 aromatic heterocycles. The van der Waals surface area contributed by atoms with E-state index in [4.69, 9.17) is 0 Å². The predicted molar refractivity (Wildman–Crippen MR) is 98.7 cm³/mol. The molecule has 0 radical (unpaired) electrons. The van der Waals surface area contributed by atoms with Gasteiger partial charge in [0.1, 0.15) is 5.69 Å². The van der Waals surface area contributed by atoms with Crippen molar-refractivity contribution in [3.05, 3.63) is 65.5 Å². The van der Waals surface area contributed by atoms with Crippen LogP contribution in [0.3, 0.4) is 0 Å². The highest BCUT2D eigenvalue weighted by Crippen LogP contribution is 2.49. The van der Waals surface area contributed by atoms with E-state index < -0.39 is 5.41 Å². The van der Waals surface area contributed by atoms with E-state index in [-0.39, 0.29) is 17.7 Å². The van der Waals surface area contributed by atoms with Gasteiger partial charge in [-0.05, 0) is 31.0 Å². The Morgan fingerprint density at radius 3 is 2.58 bits per heavy atom. The Balaban J connectivity index is 1.70. The molecule has 2 saturated heterocycles. The van der Waals surface area contributed by atoms with E-state index in [0.29, 0.717) is 18.8 Å². The summed E-state index contributed by atoms with van der Waals surface area (Å²) in [7, 11) is 1.85. The SMILES string of the molecule is Cc1cccc(C(=O)N2C[C@H](c3ccccc3)[C@]3(CCN(C)C3=O)C2)n1.